The zero-order valence-corrected chi connectivity index (χ0v) is 17.6. The highest BCUT2D eigenvalue weighted by Crippen LogP contribution is 2.31. The van der Waals surface area contributed by atoms with E-state index in [1.807, 2.05) is 31.3 Å². The molecule has 152 valence electrons. The first kappa shape index (κ1) is 18.8. The van der Waals surface area contributed by atoms with Crippen molar-refractivity contribution in [1.29, 1.82) is 0 Å². The Morgan fingerprint density at radius 2 is 1.83 bits per heavy atom. The molecule has 1 aliphatic rings. The number of hydrogen-bond acceptors (Lipinski definition) is 5. The van der Waals surface area contributed by atoms with Crippen molar-refractivity contribution in [3.05, 3.63) is 60.7 Å². The van der Waals surface area contributed by atoms with Gasteiger partial charge in [-0.25, -0.2) is 4.98 Å². The lowest BCUT2D eigenvalue weighted by Crippen LogP contribution is -2.54. The minimum atomic E-state index is 0.462. The highest BCUT2D eigenvalue weighted by molar-refractivity contribution is 5.88. The molecule has 0 saturated carbocycles. The van der Waals surface area contributed by atoms with Crippen LogP contribution in [0.15, 0.2) is 55.0 Å². The summed E-state index contributed by atoms with van der Waals surface area (Å²) in [6.45, 7) is 8.43. The first-order valence-electron chi connectivity index (χ1n) is 10.5. The van der Waals surface area contributed by atoms with Crippen molar-refractivity contribution in [2.75, 3.05) is 18.0 Å². The van der Waals surface area contributed by atoms with Crippen LogP contribution in [0.2, 0.25) is 0 Å². The minimum Gasteiger partial charge on any atom is -0.367 e. The molecule has 0 amide bonds. The average molecular weight is 399 g/mol. The first-order valence-corrected chi connectivity index (χ1v) is 10.5. The van der Waals surface area contributed by atoms with Gasteiger partial charge in [0.05, 0.1) is 40.8 Å². The van der Waals surface area contributed by atoms with E-state index in [9.17, 15) is 0 Å². The molecule has 0 unspecified atom stereocenters. The Bertz CT molecular complexity index is 1190. The monoisotopic (exact) mass is 398 g/mol. The lowest BCUT2D eigenvalue weighted by molar-refractivity contribution is 0.407. The lowest BCUT2D eigenvalue weighted by Gasteiger charge is -2.37. The molecule has 6 heteroatoms. The third-order valence-corrected chi connectivity index (χ3v) is 5.65. The summed E-state index contributed by atoms with van der Waals surface area (Å²) in [4.78, 5) is 19.7. The number of anilines is 1. The molecule has 2 N–H and O–H groups in total. The van der Waals surface area contributed by atoms with Crippen LogP contribution in [0, 0.1) is 6.92 Å². The third-order valence-electron chi connectivity index (χ3n) is 5.65. The summed E-state index contributed by atoms with van der Waals surface area (Å²) in [7, 11) is 0. The number of H-pyrrole nitrogens is 1. The van der Waals surface area contributed by atoms with E-state index in [0.717, 1.165) is 52.3 Å². The van der Waals surface area contributed by atoms with Gasteiger partial charge >= 0.3 is 0 Å². The molecule has 5 rings (SSSR count). The van der Waals surface area contributed by atoms with Gasteiger partial charge in [0, 0.05) is 41.8 Å². The van der Waals surface area contributed by atoms with E-state index >= 15 is 0 Å². The third kappa shape index (κ3) is 3.55. The van der Waals surface area contributed by atoms with Crippen molar-refractivity contribution in [3.8, 4) is 22.6 Å². The number of aryl methyl sites for hydroxylation is 1. The average Bonchev–Trinajstić information content (AvgIpc) is 3.22. The number of aromatic amines is 1. The number of imidazole rings is 1. The molecule has 4 heterocycles. The van der Waals surface area contributed by atoms with Crippen LogP contribution in [-0.4, -0.2) is 45.1 Å². The fraction of sp³-hybridized carbons (Fsp3) is 0.292. The molecule has 0 bridgehead atoms. The molecule has 0 spiro atoms. The maximum atomic E-state index is 4.72. The quantitative estimate of drug-likeness (QED) is 0.542. The van der Waals surface area contributed by atoms with Crippen molar-refractivity contribution in [2.24, 2.45) is 0 Å². The number of nitrogens with one attached hydrogen (secondary N) is 2. The normalized spacial score (nSPS) is 19.4. The highest BCUT2D eigenvalue weighted by atomic mass is 15.2. The molecule has 4 aromatic rings. The molecular formula is C24H26N6. The number of piperazine rings is 1. The van der Waals surface area contributed by atoms with Gasteiger partial charge in [0.1, 0.15) is 0 Å². The molecule has 3 aromatic heterocycles. The van der Waals surface area contributed by atoms with E-state index in [0.29, 0.717) is 12.1 Å². The Labute approximate surface area is 176 Å². The van der Waals surface area contributed by atoms with Crippen molar-refractivity contribution >= 4 is 16.6 Å². The zero-order chi connectivity index (χ0) is 20.7. The van der Waals surface area contributed by atoms with Gasteiger partial charge in [-0.05, 0) is 51.1 Å². The second kappa shape index (κ2) is 7.54. The maximum absolute atomic E-state index is 4.72. The molecule has 6 nitrogen and oxygen atoms in total. The largest absolute Gasteiger partial charge is 0.367 e. The topological polar surface area (TPSA) is 69.7 Å². The number of nitrogens with zero attached hydrogens (tertiary/aromatic N) is 4. The Kier molecular flexibility index (Phi) is 4.71. The van der Waals surface area contributed by atoms with Crippen molar-refractivity contribution < 1.29 is 0 Å². The Morgan fingerprint density at radius 3 is 2.63 bits per heavy atom. The van der Waals surface area contributed by atoms with Gasteiger partial charge in [-0.1, -0.05) is 12.1 Å². The Hall–Kier alpha value is -3.25. The van der Waals surface area contributed by atoms with Crippen LogP contribution in [0.1, 0.15) is 19.5 Å². The fourth-order valence-corrected chi connectivity index (χ4v) is 4.37. The lowest BCUT2D eigenvalue weighted by atomic mass is 10.0. The summed E-state index contributed by atoms with van der Waals surface area (Å²) in [5.41, 5.74) is 6.95. The molecule has 30 heavy (non-hydrogen) atoms. The van der Waals surface area contributed by atoms with Gasteiger partial charge in [-0.2, -0.15) is 0 Å². The van der Waals surface area contributed by atoms with Crippen LogP contribution in [0.5, 0.6) is 0 Å². The molecule has 2 atom stereocenters. The second-order valence-electron chi connectivity index (χ2n) is 8.27. The maximum Gasteiger partial charge on any atom is 0.0977 e. The van der Waals surface area contributed by atoms with Crippen LogP contribution in [0.4, 0.5) is 5.69 Å². The number of aromatic nitrogens is 4. The number of pyridine rings is 2. The van der Waals surface area contributed by atoms with E-state index in [2.05, 4.69) is 63.3 Å². The summed E-state index contributed by atoms with van der Waals surface area (Å²) in [5.74, 6) is 0. The summed E-state index contributed by atoms with van der Waals surface area (Å²) >= 11 is 0. The molecule has 1 aromatic carbocycles. The first-order chi connectivity index (χ1) is 14.6. The van der Waals surface area contributed by atoms with Gasteiger partial charge in [0.25, 0.3) is 0 Å². The van der Waals surface area contributed by atoms with Gasteiger partial charge in [0.15, 0.2) is 0 Å². The van der Waals surface area contributed by atoms with Crippen LogP contribution >= 0.6 is 0 Å². The van der Waals surface area contributed by atoms with Crippen LogP contribution in [0.25, 0.3) is 33.5 Å². The molecular weight excluding hydrogens is 372 g/mol. The Balaban J connectivity index is 1.54. The van der Waals surface area contributed by atoms with Crippen molar-refractivity contribution in [1.82, 2.24) is 25.3 Å². The zero-order valence-electron chi connectivity index (χ0n) is 17.6. The predicted molar refractivity (Wildman–Crippen MR) is 122 cm³/mol. The number of benzene rings is 1. The smallest absolute Gasteiger partial charge is 0.0977 e. The Morgan fingerprint density at radius 1 is 1.00 bits per heavy atom. The standard InChI is InChI=1S/C24H26N6/c1-15-5-4-6-22(29-15)24-23(26-14-27-24)18-7-8-21-19(9-18)10-20(11-25-21)30-12-16(2)28-17(3)13-30/h4-11,14,16-17,28H,12-13H2,1-3H3,(H,26,27)/t16-,17+. The summed E-state index contributed by atoms with van der Waals surface area (Å²) in [6.07, 6.45) is 3.72. The number of fused-ring (bicyclic) bond motifs is 1. The van der Waals surface area contributed by atoms with Crippen LogP contribution < -0.4 is 10.2 Å². The number of hydrogen-bond donors (Lipinski definition) is 2. The molecule has 0 aliphatic carbocycles. The number of rotatable bonds is 3. The fourth-order valence-electron chi connectivity index (χ4n) is 4.37. The van der Waals surface area contributed by atoms with Gasteiger partial charge in [0.2, 0.25) is 0 Å². The van der Waals surface area contributed by atoms with E-state index in [1.165, 1.54) is 5.69 Å². The molecule has 1 aliphatic heterocycles. The minimum absolute atomic E-state index is 0.462. The second-order valence-corrected chi connectivity index (χ2v) is 8.27. The van der Waals surface area contributed by atoms with E-state index in [-0.39, 0.29) is 0 Å². The molecule has 1 saturated heterocycles. The van der Waals surface area contributed by atoms with E-state index < -0.39 is 0 Å². The predicted octanol–water partition coefficient (Wildman–Crippen LogP) is 4.18. The van der Waals surface area contributed by atoms with Crippen LogP contribution in [0.3, 0.4) is 0 Å². The van der Waals surface area contributed by atoms with Crippen molar-refractivity contribution in [3.63, 3.8) is 0 Å². The van der Waals surface area contributed by atoms with Crippen molar-refractivity contribution in [2.45, 2.75) is 32.9 Å². The molecule has 0 radical (unpaired) electrons. The van der Waals surface area contributed by atoms with Gasteiger partial charge < -0.3 is 15.2 Å². The van der Waals surface area contributed by atoms with Crippen LogP contribution in [-0.2, 0) is 0 Å². The van der Waals surface area contributed by atoms with E-state index in [4.69, 9.17) is 4.98 Å². The summed E-state index contributed by atoms with van der Waals surface area (Å²) < 4.78 is 0. The molecule has 1 fully saturated rings. The highest BCUT2D eigenvalue weighted by Gasteiger charge is 2.21. The summed E-state index contributed by atoms with van der Waals surface area (Å²) in [5, 5.41) is 4.71. The SMILES string of the molecule is Cc1cccc(-c2[nH]cnc2-c2ccc3ncc(N4C[C@@H](C)N[C@@H](C)C4)cc3c2)n1. The van der Waals surface area contributed by atoms with Gasteiger partial charge in [-0.15, -0.1) is 0 Å². The van der Waals surface area contributed by atoms with Gasteiger partial charge in [-0.3, -0.25) is 9.97 Å². The summed E-state index contributed by atoms with van der Waals surface area (Å²) in [6, 6.07) is 15.5. The van der Waals surface area contributed by atoms with E-state index in [1.54, 1.807) is 6.33 Å².